The molecule has 1 saturated carbocycles. The van der Waals surface area contributed by atoms with E-state index in [0.717, 1.165) is 25.3 Å². The van der Waals surface area contributed by atoms with Gasteiger partial charge in [0.1, 0.15) is 6.10 Å². The van der Waals surface area contributed by atoms with E-state index in [2.05, 4.69) is 10.2 Å². The zero-order valence-electron chi connectivity index (χ0n) is 9.65. The van der Waals surface area contributed by atoms with E-state index in [9.17, 15) is 13.2 Å². The molecule has 1 aliphatic carbocycles. The molecule has 0 aliphatic heterocycles. The van der Waals surface area contributed by atoms with Gasteiger partial charge in [-0.1, -0.05) is 0 Å². The number of alkyl halides is 3. The lowest BCUT2D eigenvalue weighted by atomic mass is 10.1. The zero-order chi connectivity index (χ0) is 13.2. The Bertz CT molecular complexity index is 394. The lowest BCUT2D eigenvalue weighted by Crippen LogP contribution is -2.28. The second-order valence-electron chi connectivity index (χ2n) is 4.34. The van der Waals surface area contributed by atoms with Crippen LogP contribution in [0, 0.1) is 5.92 Å². The highest BCUT2D eigenvalue weighted by Gasteiger charge is 2.33. The van der Waals surface area contributed by atoms with Crippen LogP contribution in [0.1, 0.15) is 25.0 Å². The minimum Gasteiger partial charge on any atom is -0.473 e. The Labute approximate surface area is 102 Å². The Morgan fingerprint density at radius 3 is 2.61 bits per heavy atom. The van der Waals surface area contributed by atoms with Gasteiger partial charge in [-0.2, -0.15) is 13.2 Å². The fourth-order valence-corrected chi connectivity index (χ4v) is 2.12. The largest absolute Gasteiger partial charge is 0.473 e. The van der Waals surface area contributed by atoms with Gasteiger partial charge in [0.2, 0.25) is 5.88 Å². The maximum Gasteiger partial charge on any atom is 0.435 e. The molecule has 1 aromatic rings. The van der Waals surface area contributed by atoms with Crippen LogP contribution in [0.15, 0.2) is 12.1 Å². The predicted molar refractivity (Wildman–Crippen MR) is 57.8 cm³/mol. The summed E-state index contributed by atoms with van der Waals surface area (Å²) >= 11 is 0. The summed E-state index contributed by atoms with van der Waals surface area (Å²) in [4.78, 5) is 0. The van der Waals surface area contributed by atoms with E-state index in [1.807, 2.05) is 0 Å². The Hall–Kier alpha value is -1.37. The number of nitrogens with zero attached hydrogens (tertiary/aromatic N) is 2. The first-order chi connectivity index (χ1) is 8.50. The second kappa shape index (κ2) is 5.09. The van der Waals surface area contributed by atoms with E-state index in [1.54, 1.807) is 0 Å². The lowest BCUT2D eigenvalue weighted by molar-refractivity contribution is -0.141. The highest BCUT2D eigenvalue weighted by atomic mass is 19.4. The Morgan fingerprint density at radius 1 is 1.28 bits per heavy atom. The smallest absolute Gasteiger partial charge is 0.435 e. The van der Waals surface area contributed by atoms with Crippen LogP contribution < -0.4 is 10.5 Å². The molecule has 2 N–H and O–H groups in total. The average molecular weight is 261 g/mol. The summed E-state index contributed by atoms with van der Waals surface area (Å²) in [7, 11) is 0. The maximum atomic E-state index is 12.3. The molecule has 0 aromatic carbocycles. The van der Waals surface area contributed by atoms with Gasteiger partial charge in [-0.3, -0.25) is 0 Å². The van der Waals surface area contributed by atoms with Crippen LogP contribution in [-0.4, -0.2) is 22.8 Å². The first-order valence-corrected chi connectivity index (χ1v) is 5.78. The summed E-state index contributed by atoms with van der Waals surface area (Å²) in [5.74, 6) is 0.363. The topological polar surface area (TPSA) is 61.0 Å². The molecule has 7 heteroatoms. The molecule has 0 spiro atoms. The Balaban J connectivity index is 2.02. The van der Waals surface area contributed by atoms with Crippen molar-refractivity contribution in [1.29, 1.82) is 0 Å². The van der Waals surface area contributed by atoms with Crippen molar-refractivity contribution in [2.75, 3.05) is 6.54 Å². The predicted octanol–water partition coefficient (Wildman–Crippen LogP) is 2.00. The summed E-state index contributed by atoms with van der Waals surface area (Å²) in [6, 6.07) is 2.07. The second-order valence-corrected chi connectivity index (χ2v) is 4.34. The van der Waals surface area contributed by atoms with Crippen LogP contribution in [0.4, 0.5) is 13.2 Å². The van der Waals surface area contributed by atoms with Crippen LogP contribution in [-0.2, 0) is 6.18 Å². The fourth-order valence-electron chi connectivity index (χ4n) is 2.12. The van der Waals surface area contributed by atoms with Crippen LogP contribution >= 0.6 is 0 Å². The minimum absolute atomic E-state index is 0.0685. The third-order valence-corrected chi connectivity index (χ3v) is 3.09. The van der Waals surface area contributed by atoms with Crippen LogP contribution in [0.5, 0.6) is 5.88 Å². The van der Waals surface area contributed by atoms with Crippen LogP contribution in [0.3, 0.4) is 0 Å². The van der Waals surface area contributed by atoms with Crippen LogP contribution in [0.2, 0.25) is 0 Å². The summed E-state index contributed by atoms with van der Waals surface area (Å²) in [5, 5.41) is 6.56. The first-order valence-electron chi connectivity index (χ1n) is 5.78. The number of aromatic nitrogens is 2. The normalized spacial score (nSPS) is 24.2. The zero-order valence-corrected chi connectivity index (χ0v) is 9.65. The SMILES string of the molecule is NCC1CCCC1Oc1ccc(C(F)(F)F)nn1. The van der Waals surface area contributed by atoms with Gasteiger partial charge in [-0.25, -0.2) is 0 Å². The average Bonchev–Trinajstić information content (AvgIpc) is 2.76. The van der Waals surface area contributed by atoms with Crippen molar-refractivity contribution in [3.63, 3.8) is 0 Å². The molecular formula is C11H14F3N3O. The molecule has 1 aliphatic rings. The van der Waals surface area contributed by atoms with Crippen molar-refractivity contribution < 1.29 is 17.9 Å². The highest BCUT2D eigenvalue weighted by molar-refractivity contribution is 5.14. The number of nitrogens with two attached hydrogens (primary N) is 1. The molecular weight excluding hydrogens is 247 g/mol. The molecule has 2 atom stereocenters. The third-order valence-electron chi connectivity index (χ3n) is 3.09. The van der Waals surface area contributed by atoms with Crippen molar-refractivity contribution in [3.05, 3.63) is 17.8 Å². The molecule has 1 fully saturated rings. The van der Waals surface area contributed by atoms with Crippen molar-refractivity contribution in [2.45, 2.75) is 31.5 Å². The lowest BCUT2D eigenvalue weighted by Gasteiger charge is -2.18. The number of halogens is 3. The highest BCUT2D eigenvalue weighted by Crippen LogP contribution is 2.30. The monoisotopic (exact) mass is 261 g/mol. The van der Waals surface area contributed by atoms with E-state index in [0.29, 0.717) is 6.54 Å². The van der Waals surface area contributed by atoms with Crippen molar-refractivity contribution in [2.24, 2.45) is 11.7 Å². The molecule has 0 saturated heterocycles. The van der Waals surface area contributed by atoms with Crippen molar-refractivity contribution >= 4 is 0 Å². The van der Waals surface area contributed by atoms with E-state index in [4.69, 9.17) is 10.5 Å². The standard InChI is InChI=1S/C11H14F3N3O/c12-11(13,14)9-4-5-10(17-16-9)18-8-3-1-2-7(8)6-15/h4-5,7-8H,1-3,6,15H2. The van der Waals surface area contributed by atoms with Gasteiger partial charge < -0.3 is 10.5 Å². The quantitative estimate of drug-likeness (QED) is 0.904. The van der Waals surface area contributed by atoms with E-state index in [-0.39, 0.29) is 17.9 Å². The van der Waals surface area contributed by atoms with E-state index >= 15 is 0 Å². The summed E-state index contributed by atoms with van der Waals surface area (Å²) < 4.78 is 42.4. The molecule has 2 rings (SSSR count). The molecule has 100 valence electrons. The summed E-state index contributed by atoms with van der Waals surface area (Å²) in [6.07, 6.45) is -1.69. The Kier molecular flexibility index (Phi) is 3.70. The van der Waals surface area contributed by atoms with Gasteiger partial charge in [0.05, 0.1) is 0 Å². The molecule has 0 amide bonds. The van der Waals surface area contributed by atoms with Crippen molar-refractivity contribution in [3.8, 4) is 5.88 Å². The van der Waals surface area contributed by atoms with Crippen LogP contribution in [0.25, 0.3) is 0 Å². The molecule has 4 nitrogen and oxygen atoms in total. The number of ether oxygens (including phenoxy) is 1. The maximum absolute atomic E-state index is 12.3. The van der Waals surface area contributed by atoms with Gasteiger partial charge in [0.25, 0.3) is 0 Å². The molecule has 1 heterocycles. The molecule has 0 radical (unpaired) electrons. The van der Waals surface area contributed by atoms with Gasteiger partial charge in [-0.05, 0) is 31.9 Å². The molecule has 0 bridgehead atoms. The van der Waals surface area contributed by atoms with Gasteiger partial charge in [0, 0.05) is 12.0 Å². The number of hydrogen-bond donors (Lipinski definition) is 1. The summed E-state index contributed by atoms with van der Waals surface area (Å²) in [6.45, 7) is 0.513. The fraction of sp³-hybridized carbons (Fsp3) is 0.636. The van der Waals surface area contributed by atoms with Gasteiger partial charge in [0.15, 0.2) is 5.69 Å². The van der Waals surface area contributed by atoms with E-state index < -0.39 is 11.9 Å². The number of rotatable bonds is 3. The molecule has 2 unspecified atom stereocenters. The Morgan fingerprint density at radius 2 is 2.06 bits per heavy atom. The minimum atomic E-state index is -4.47. The van der Waals surface area contributed by atoms with Crippen molar-refractivity contribution in [1.82, 2.24) is 10.2 Å². The van der Waals surface area contributed by atoms with Gasteiger partial charge in [-0.15, -0.1) is 10.2 Å². The number of hydrogen-bond acceptors (Lipinski definition) is 4. The van der Waals surface area contributed by atoms with Gasteiger partial charge >= 0.3 is 6.18 Å². The van der Waals surface area contributed by atoms with E-state index in [1.165, 1.54) is 6.07 Å². The molecule has 1 aromatic heterocycles. The third kappa shape index (κ3) is 2.90. The first kappa shape index (κ1) is 13.1. The molecule has 18 heavy (non-hydrogen) atoms. The summed E-state index contributed by atoms with van der Waals surface area (Å²) in [5.41, 5.74) is 4.58.